The fourth-order valence-corrected chi connectivity index (χ4v) is 5.19. The summed E-state index contributed by atoms with van der Waals surface area (Å²) >= 11 is 1.37. The van der Waals surface area contributed by atoms with Crippen LogP contribution in [0.4, 0.5) is 5.69 Å². The number of sulfone groups is 1. The first-order valence-corrected chi connectivity index (χ1v) is 9.69. The summed E-state index contributed by atoms with van der Waals surface area (Å²) in [5, 5.41) is 4.36. The van der Waals surface area contributed by atoms with Gasteiger partial charge in [0.15, 0.2) is 9.84 Å². The molecule has 0 radical (unpaired) electrons. The molecule has 0 saturated heterocycles. The van der Waals surface area contributed by atoms with Crippen molar-refractivity contribution >= 4 is 32.8 Å². The van der Waals surface area contributed by atoms with Crippen LogP contribution >= 0.6 is 11.3 Å². The van der Waals surface area contributed by atoms with E-state index in [1.807, 2.05) is 11.4 Å². The van der Waals surface area contributed by atoms with Crippen LogP contribution in [0.5, 0.6) is 0 Å². The van der Waals surface area contributed by atoms with E-state index in [4.69, 9.17) is 0 Å². The minimum atomic E-state index is -3.24. The lowest BCUT2D eigenvalue weighted by molar-refractivity contribution is 0.103. The number of carbonyl (C=O) groups is 1. The number of nitrogens with one attached hydrogen (secondary N) is 1. The molecular weight excluding hydrogens is 318 g/mol. The Morgan fingerprint density at radius 2 is 1.77 bits per heavy atom. The number of hydrogen-bond acceptors (Lipinski definition) is 4. The highest BCUT2D eigenvalue weighted by molar-refractivity contribution is 7.92. The average molecular weight is 335 g/mol. The van der Waals surface area contributed by atoms with Crippen molar-refractivity contribution in [3.8, 4) is 0 Å². The summed E-state index contributed by atoms with van der Waals surface area (Å²) in [5.41, 5.74) is 0.601. The van der Waals surface area contributed by atoms with Crippen molar-refractivity contribution in [2.24, 2.45) is 0 Å². The summed E-state index contributed by atoms with van der Waals surface area (Å²) in [6.45, 7) is 0. The van der Waals surface area contributed by atoms with Crippen LogP contribution < -0.4 is 5.32 Å². The number of benzene rings is 1. The maximum atomic E-state index is 12.5. The minimum absolute atomic E-state index is 0.179. The van der Waals surface area contributed by atoms with Crippen molar-refractivity contribution in [2.45, 2.75) is 35.8 Å². The van der Waals surface area contributed by atoms with Gasteiger partial charge >= 0.3 is 0 Å². The van der Waals surface area contributed by atoms with Gasteiger partial charge in [-0.3, -0.25) is 4.79 Å². The number of anilines is 1. The van der Waals surface area contributed by atoms with Gasteiger partial charge in [0.05, 0.1) is 15.0 Å². The molecule has 0 aliphatic heterocycles. The van der Waals surface area contributed by atoms with Crippen molar-refractivity contribution in [3.05, 3.63) is 46.7 Å². The summed E-state index contributed by atoms with van der Waals surface area (Å²) in [5.74, 6) is -0.179. The maximum absolute atomic E-state index is 12.5. The fourth-order valence-electron chi connectivity index (χ4n) is 2.72. The van der Waals surface area contributed by atoms with E-state index in [9.17, 15) is 13.2 Å². The zero-order chi connectivity index (χ0) is 15.6. The van der Waals surface area contributed by atoms with Crippen molar-refractivity contribution in [2.75, 3.05) is 5.32 Å². The minimum Gasteiger partial charge on any atom is -0.321 e. The molecule has 1 fully saturated rings. The second kappa shape index (κ2) is 6.22. The molecule has 6 heteroatoms. The highest BCUT2D eigenvalue weighted by atomic mass is 32.2. The van der Waals surface area contributed by atoms with E-state index in [-0.39, 0.29) is 11.2 Å². The van der Waals surface area contributed by atoms with Gasteiger partial charge < -0.3 is 5.32 Å². The molecule has 1 aliphatic carbocycles. The molecule has 116 valence electrons. The normalized spacial score (nSPS) is 15.8. The number of hydrogen-bond donors (Lipinski definition) is 1. The maximum Gasteiger partial charge on any atom is 0.265 e. The van der Waals surface area contributed by atoms with Crippen molar-refractivity contribution in [1.82, 2.24) is 0 Å². The van der Waals surface area contributed by atoms with Gasteiger partial charge in [-0.2, -0.15) is 0 Å². The van der Waals surface area contributed by atoms with Crippen LogP contribution in [0.3, 0.4) is 0 Å². The molecule has 0 spiro atoms. The van der Waals surface area contributed by atoms with Gasteiger partial charge in [0.1, 0.15) is 0 Å². The Morgan fingerprint density at radius 3 is 2.36 bits per heavy atom. The highest BCUT2D eigenvalue weighted by Gasteiger charge is 2.30. The van der Waals surface area contributed by atoms with Crippen molar-refractivity contribution < 1.29 is 13.2 Å². The predicted octanol–water partition coefficient (Wildman–Crippen LogP) is 3.72. The Balaban J connectivity index is 1.74. The van der Waals surface area contributed by atoms with Crippen LogP contribution in [0.2, 0.25) is 0 Å². The van der Waals surface area contributed by atoms with E-state index in [0.29, 0.717) is 15.5 Å². The number of carbonyl (C=O) groups excluding carboxylic acids is 1. The van der Waals surface area contributed by atoms with Crippen LogP contribution in [0.15, 0.2) is 46.7 Å². The van der Waals surface area contributed by atoms with Gasteiger partial charge in [-0.1, -0.05) is 18.9 Å². The highest BCUT2D eigenvalue weighted by Crippen LogP contribution is 2.30. The molecule has 1 aromatic heterocycles. The molecule has 3 rings (SSSR count). The van der Waals surface area contributed by atoms with Crippen LogP contribution in [0.25, 0.3) is 0 Å². The molecule has 1 saturated carbocycles. The molecule has 0 atom stereocenters. The van der Waals surface area contributed by atoms with E-state index in [1.165, 1.54) is 11.3 Å². The van der Waals surface area contributed by atoms with Crippen molar-refractivity contribution in [1.29, 1.82) is 0 Å². The molecule has 1 aromatic carbocycles. The largest absolute Gasteiger partial charge is 0.321 e. The molecule has 4 nitrogen and oxygen atoms in total. The first-order valence-electron chi connectivity index (χ1n) is 7.26. The quantitative estimate of drug-likeness (QED) is 0.926. The van der Waals surface area contributed by atoms with Crippen LogP contribution in [0.1, 0.15) is 35.4 Å². The number of rotatable bonds is 4. The molecule has 0 bridgehead atoms. The van der Waals surface area contributed by atoms with E-state index in [2.05, 4.69) is 5.32 Å². The summed E-state index contributed by atoms with van der Waals surface area (Å²) in [6.07, 6.45) is 3.47. The number of amides is 1. The van der Waals surface area contributed by atoms with E-state index in [1.54, 1.807) is 30.3 Å². The average Bonchev–Trinajstić information content (AvgIpc) is 3.21. The topological polar surface area (TPSA) is 63.2 Å². The third kappa shape index (κ3) is 3.08. The first-order chi connectivity index (χ1) is 10.6. The Hall–Kier alpha value is -1.66. The smallest absolute Gasteiger partial charge is 0.265 e. The van der Waals surface area contributed by atoms with Gasteiger partial charge in [-0.25, -0.2) is 8.42 Å². The summed E-state index contributed by atoms with van der Waals surface area (Å²) in [6, 6.07) is 10.0. The van der Waals surface area contributed by atoms with Gasteiger partial charge in [0, 0.05) is 5.69 Å². The van der Waals surface area contributed by atoms with Crippen LogP contribution in [0, 0.1) is 0 Å². The Labute approximate surface area is 134 Å². The van der Waals surface area contributed by atoms with Crippen LogP contribution in [-0.4, -0.2) is 19.6 Å². The van der Waals surface area contributed by atoms with Crippen molar-refractivity contribution in [3.63, 3.8) is 0 Å². The zero-order valence-electron chi connectivity index (χ0n) is 12.0. The molecule has 2 aromatic rings. The molecule has 1 amide bonds. The molecule has 1 heterocycles. The first kappa shape index (κ1) is 15.2. The summed E-state index contributed by atoms with van der Waals surface area (Å²) in [4.78, 5) is 12.9. The Kier molecular flexibility index (Phi) is 4.31. The fraction of sp³-hybridized carbons (Fsp3) is 0.312. The standard InChI is InChI=1S/C16H17NO3S2/c18-16(15-6-3-11-21-15)17-12-7-9-14(10-8-12)22(19,20)13-4-1-2-5-13/h3,6-11,13H,1-2,4-5H2,(H,17,18). The van der Waals surface area contributed by atoms with Gasteiger partial charge in [-0.15, -0.1) is 11.3 Å². The lowest BCUT2D eigenvalue weighted by Crippen LogP contribution is -2.17. The third-order valence-corrected chi connectivity index (χ3v) is 7.07. The van der Waals surface area contributed by atoms with Gasteiger partial charge in [-0.05, 0) is 48.6 Å². The molecular formula is C16H17NO3S2. The van der Waals surface area contributed by atoms with Gasteiger partial charge in [0.2, 0.25) is 0 Å². The SMILES string of the molecule is O=C(Nc1ccc(S(=O)(=O)C2CCCC2)cc1)c1cccs1. The zero-order valence-corrected chi connectivity index (χ0v) is 13.6. The lowest BCUT2D eigenvalue weighted by atomic mass is 10.3. The Morgan fingerprint density at radius 1 is 1.09 bits per heavy atom. The predicted molar refractivity (Wildman–Crippen MR) is 88.2 cm³/mol. The third-order valence-electron chi connectivity index (χ3n) is 3.93. The Bertz CT molecular complexity index is 743. The molecule has 22 heavy (non-hydrogen) atoms. The molecule has 1 N–H and O–H groups in total. The summed E-state index contributed by atoms with van der Waals surface area (Å²) < 4.78 is 24.9. The molecule has 1 aliphatic rings. The van der Waals surface area contributed by atoms with Crippen LogP contribution in [-0.2, 0) is 9.84 Å². The van der Waals surface area contributed by atoms with E-state index in [0.717, 1.165) is 25.7 Å². The summed E-state index contributed by atoms with van der Waals surface area (Å²) in [7, 11) is -3.24. The van der Waals surface area contributed by atoms with E-state index >= 15 is 0 Å². The van der Waals surface area contributed by atoms with E-state index < -0.39 is 9.84 Å². The monoisotopic (exact) mass is 335 g/mol. The second-order valence-corrected chi connectivity index (χ2v) is 8.58. The lowest BCUT2D eigenvalue weighted by Gasteiger charge is -2.11. The number of thiophene rings is 1. The van der Waals surface area contributed by atoms with Gasteiger partial charge in [0.25, 0.3) is 5.91 Å². The molecule has 0 unspecified atom stereocenters. The second-order valence-electron chi connectivity index (χ2n) is 5.41.